The maximum absolute atomic E-state index is 13.6. The summed E-state index contributed by atoms with van der Waals surface area (Å²) in [4.78, 5) is 10.9. The number of alkyl halides is 3. The Balaban J connectivity index is 2.94. The molecule has 26 heavy (non-hydrogen) atoms. The highest BCUT2D eigenvalue weighted by Gasteiger charge is 2.48. The molecule has 0 aliphatic carbocycles. The zero-order valence-corrected chi connectivity index (χ0v) is 18.6. The molecule has 0 aromatic carbocycles. The summed E-state index contributed by atoms with van der Waals surface area (Å²) in [6, 6.07) is 0. The Morgan fingerprint density at radius 2 is 1.81 bits per heavy atom. The molecular weight excluding hydrogens is 401 g/mol. The van der Waals surface area contributed by atoms with E-state index in [0.717, 1.165) is 24.0 Å². The third-order valence-electron chi connectivity index (χ3n) is 4.82. The number of rotatable bonds is 7. The number of halogens is 3. The van der Waals surface area contributed by atoms with E-state index in [1.54, 1.807) is 6.08 Å². The van der Waals surface area contributed by atoms with E-state index in [1.807, 2.05) is 33.9 Å². The summed E-state index contributed by atoms with van der Waals surface area (Å²) in [6.45, 7) is 9.37. The van der Waals surface area contributed by atoms with Crippen LogP contribution in [0.1, 0.15) is 40.0 Å². The predicted molar refractivity (Wildman–Crippen MR) is 106 cm³/mol. The predicted octanol–water partition coefficient (Wildman–Crippen LogP) is 5.93. The molecule has 1 saturated heterocycles. The van der Waals surface area contributed by atoms with Crippen LogP contribution in [0.5, 0.6) is 0 Å². The molecule has 1 atom stereocenters. The first-order valence-electron chi connectivity index (χ1n) is 8.63. The van der Waals surface area contributed by atoms with E-state index in [0.29, 0.717) is 0 Å². The summed E-state index contributed by atoms with van der Waals surface area (Å²) in [5.41, 5.74) is 0. The average Bonchev–Trinajstić information content (AvgIpc) is 2.48. The second-order valence-corrected chi connectivity index (χ2v) is 15.8. The van der Waals surface area contributed by atoms with Gasteiger partial charge in [-0.1, -0.05) is 26.8 Å². The van der Waals surface area contributed by atoms with Crippen molar-refractivity contribution >= 4 is 37.8 Å². The molecule has 9 heteroatoms. The van der Waals surface area contributed by atoms with Crippen molar-refractivity contribution < 1.29 is 27.5 Å². The quantitative estimate of drug-likeness (QED) is 0.401. The standard InChI is InChI=1S/C17H29F3O3S2Si/c1-15(2,3)26(4,5)23-13(17(18,19)20)7-9-16(10-8-14(21)22)24-11-6-12-25-16/h8,10,13H,6-7,9,11-12H2,1-5H3,(H,21,22)/b10-8+/t13-/m0/s1. The van der Waals surface area contributed by atoms with Crippen molar-refractivity contribution in [3.63, 3.8) is 0 Å². The van der Waals surface area contributed by atoms with Gasteiger partial charge in [0.25, 0.3) is 0 Å². The van der Waals surface area contributed by atoms with Gasteiger partial charge in [0.05, 0.1) is 4.08 Å². The molecule has 3 nitrogen and oxygen atoms in total. The van der Waals surface area contributed by atoms with Gasteiger partial charge in [0.2, 0.25) is 0 Å². The lowest BCUT2D eigenvalue weighted by Crippen LogP contribution is -2.48. The van der Waals surface area contributed by atoms with Gasteiger partial charge in [-0.15, -0.1) is 23.5 Å². The van der Waals surface area contributed by atoms with E-state index >= 15 is 0 Å². The lowest BCUT2D eigenvalue weighted by atomic mass is 10.1. The number of carboxylic acid groups (broad SMARTS) is 1. The van der Waals surface area contributed by atoms with Crippen molar-refractivity contribution in [1.29, 1.82) is 0 Å². The van der Waals surface area contributed by atoms with Crippen LogP contribution < -0.4 is 0 Å². The van der Waals surface area contributed by atoms with E-state index in [1.165, 1.54) is 23.5 Å². The monoisotopic (exact) mass is 430 g/mol. The maximum atomic E-state index is 13.6. The van der Waals surface area contributed by atoms with E-state index in [2.05, 4.69) is 0 Å². The lowest BCUT2D eigenvalue weighted by Gasteiger charge is -2.41. The average molecular weight is 431 g/mol. The fraction of sp³-hybridized carbons (Fsp3) is 0.824. The zero-order valence-electron chi connectivity index (χ0n) is 16.0. The summed E-state index contributed by atoms with van der Waals surface area (Å²) in [5, 5.41) is 8.59. The highest BCUT2D eigenvalue weighted by molar-refractivity contribution is 8.19. The minimum Gasteiger partial charge on any atom is -0.478 e. The third kappa shape index (κ3) is 7.13. The van der Waals surface area contributed by atoms with Crippen molar-refractivity contribution in [2.45, 2.75) is 74.5 Å². The fourth-order valence-electron chi connectivity index (χ4n) is 2.27. The van der Waals surface area contributed by atoms with E-state index in [-0.39, 0.29) is 17.9 Å². The van der Waals surface area contributed by atoms with Gasteiger partial charge in [0.1, 0.15) is 6.10 Å². The van der Waals surface area contributed by atoms with E-state index < -0.39 is 30.6 Å². The van der Waals surface area contributed by atoms with Crippen molar-refractivity contribution in [3.8, 4) is 0 Å². The normalized spacial score (nSPS) is 20.3. The molecule has 152 valence electrons. The van der Waals surface area contributed by atoms with Crippen LogP contribution in [0.25, 0.3) is 0 Å². The second kappa shape index (κ2) is 8.92. The maximum Gasteiger partial charge on any atom is 0.413 e. The topological polar surface area (TPSA) is 46.5 Å². The first-order chi connectivity index (χ1) is 11.7. The van der Waals surface area contributed by atoms with Crippen LogP contribution in [0.3, 0.4) is 0 Å². The number of hydrogen-bond donors (Lipinski definition) is 1. The van der Waals surface area contributed by atoms with Gasteiger partial charge >= 0.3 is 12.1 Å². The summed E-state index contributed by atoms with van der Waals surface area (Å²) >= 11 is 3.06. The summed E-state index contributed by atoms with van der Waals surface area (Å²) < 4.78 is 45.9. The number of carbonyl (C=O) groups is 1. The van der Waals surface area contributed by atoms with Crippen LogP contribution in [0.2, 0.25) is 18.1 Å². The Labute approximate surface area is 163 Å². The molecule has 0 amide bonds. The fourth-order valence-corrected chi connectivity index (χ4v) is 6.72. The van der Waals surface area contributed by atoms with E-state index in [9.17, 15) is 18.0 Å². The molecule has 0 unspecified atom stereocenters. The minimum absolute atomic E-state index is 0.167. The van der Waals surface area contributed by atoms with Crippen LogP contribution in [0.4, 0.5) is 13.2 Å². The first kappa shape index (κ1) is 23.9. The summed E-state index contributed by atoms with van der Waals surface area (Å²) in [7, 11) is -2.57. The third-order valence-corrected chi connectivity index (χ3v) is 12.7. The molecule has 0 spiro atoms. The minimum atomic E-state index is -4.43. The molecule has 1 N–H and O–H groups in total. The highest BCUT2D eigenvalue weighted by atomic mass is 32.2. The van der Waals surface area contributed by atoms with Crippen molar-refractivity contribution in [2.75, 3.05) is 11.5 Å². The molecule has 0 aromatic rings. The molecule has 0 aromatic heterocycles. The zero-order chi connectivity index (χ0) is 20.2. The molecule has 1 aliphatic rings. The van der Waals surface area contributed by atoms with Gasteiger partial charge in [-0.25, -0.2) is 4.79 Å². The number of thioether (sulfide) groups is 2. The lowest BCUT2D eigenvalue weighted by molar-refractivity contribution is -0.200. The van der Waals surface area contributed by atoms with Crippen molar-refractivity contribution in [2.24, 2.45) is 0 Å². The highest BCUT2D eigenvalue weighted by Crippen LogP contribution is 2.48. The second-order valence-electron chi connectivity index (χ2n) is 7.98. The molecule has 0 saturated carbocycles. The van der Waals surface area contributed by atoms with Crippen molar-refractivity contribution in [1.82, 2.24) is 0 Å². The first-order valence-corrected chi connectivity index (χ1v) is 13.5. The largest absolute Gasteiger partial charge is 0.478 e. The van der Waals surface area contributed by atoms with Crippen molar-refractivity contribution in [3.05, 3.63) is 12.2 Å². The molecule has 1 aliphatic heterocycles. The van der Waals surface area contributed by atoms with Crippen LogP contribution in [0, 0.1) is 0 Å². The smallest absolute Gasteiger partial charge is 0.413 e. The van der Waals surface area contributed by atoms with Crippen LogP contribution in [0.15, 0.2) is 12.2 Å². The van der Waals surface area contributed by atoms with Gasteiger partial charge in [-0.2, -0.15) is 13.2 Å². The Morgan fingerprint density at radius 3 is 2.23 bits per heavy atom. The van der Waals surface area contributed by atoms with Gasteiger partial charge in [0, 0.05) is 6.08 Å². The van der Waals surface area contributed by atoms with Crippen LogP contribution in [-0.4, -0.2) is 47.3 Å². The summed E-state index contributed by atoms with van der Waals surface area (Å²) in [5.74, 6) is 0.550. The Kier molecular flexibility index (Phi) is 8.20. The molecule has 0 radical (unpaired) electrons. The SMILES string of the molecule is CC(C)(C)[Si](C)(C)O[C@@H](CCC1(/C=C/C(=O)O)SCCCS1)C(F)(F)F. The van der Waals surface area contributed by atoms with Crippen LogP contribution >= 0.6 is 23.5 Å². The Bertz CT molecular complexity index is 510. The van der Waals surface area contributed by atoms with Gasteiger partial charge < -0.3 is 9.53 Å². The van der Waals surface area contributed by atoms with Gasteiger partial charge in [-0.3, -0.25) is 0 Å². The molecule has 1 heterocycles. The van der Waals surface area contributed by atoms with E-state index in [4.69, 9.17) is 9.53 Å². The number of hydrogen-bond acceptors (Lipinski definition) is 4. The Hall–Kier alpha value is -0.123. The van der Waals surface area contributed by atoms with Gasteiger partial charge in [0.15, 0.2) is 8.32 Å². The Morgan fingerprint density at radius 1 is 1.27 bits per heavy atom. The number of carboxylic acids is 1. The molecule has 1 fully saturated rings. The number of aliphatic carboxylic acids is 1. The molecule has 1 rings (SSSR count). The molecule has 0 bridgehead atoms. The molecular formula is C17H29F3O3S2Si. The summed E-state index contributed by atoms with van der Waals surface area (Å²) in [6.07, 6.45) is -2.63. The van der Waals surface area contributed by atoms with Gasteiger partial charge in [-0.05, 0) is 48.9 Å². The van der Waals surface area contributed by atoms with Crippen LogP contribution in [-0.2, 0) is 9.22 Å².